The zero-order valence-electron chi connectivity index (χ0n) is 15.1. The number of ether oxygens (including phenoxy) is 1. The summed E-state index contributed by atoms with van der Waals surface area (Å²) in [5, 5.41) is 1.49. The van der Waals surface area contributed by atoms with E-state index in [0.717, 1.165) is 4.70 Å². The molecule has 2 aromatic carbocycles. The van der Waals surface area contributed by atoms with Crippen LogP contribution in [0, 0.1) is 5.82 Å². The fourth-order valence-electron chi connectivity index (χ4n) is 2.72. The number of hydrogen-bond donors (Lipinski definition) is 0. The molecule has 0 aliphatic heterocycles. The van der Waals surface area contributed by atoms with Crippen molar-refractivity contribution in [1.82, 2.24) is 4.98 Å². The number of benzene rings is 2. The lowest BCUT2D eigenvalue weighted by molar-refractivity contribution is -0.153. The van der Waals surface area contributed by atoms with Crippen LogP contribution in [0.3, 0.4) is 0 Å². The Balaban J connectivity index is 2.10. The fraction of sp³-hybridized carbons (Fsp3) is 0.300. The molecule has 3 aromatic rings. The molecule has 1 aromatic heterocycles. The van der Waals surface area contributed by atoms with Crippen molar-refractivity contribution in [3.63, 3.8) is 0 Å². The van der Waals surface area contributed by atoms with Crippen LogP contribution in [-0.2, 0) is 21.3 Å². The number of nitrogens with zero attached hydrogens (tertiary/aromatic N) is 1. The Bertz CT molecular complexity index is 1010. The predicted molar refractivity (Wildman–Crippen MR) is 112 cm³/mol. The van der Waals surface area contributed by atoms with Crippen LogP contribution in [0.1, 0.15) is 31.3 Å². The molecule has 0 saturated heterocycles. The highest BCUT2D eigenvalue weighted by Gasteiger charge is 2.21. The maximum absolute atomic E-state index is 15.1. The van der Waals surface area contributed by atoms with E-state index >= 15 is 4.39 Å². The Kier molecular flexibility index (Phi) is 5.89. The van der Waals surface area contributed by atoms with Gasteiger partial charge in [0.25, 0.3) is 0 Å². The summed E-state index contributed by atoms with van der Waals surface area (Å²) in [5.74, 6) is -0.692. The van der Waals surface area contributed by atoms with Gasteiger partial charge in [0.15, 0.2) is 0 Å². The van der Waals surface area contributed by atoms with Crippen LogP contribution in [0.25, 0.3) is 21.3 Å². The predicted octanol–water partition coefficient (Wildman–Crippen LogP) is 6.53. The molecule has 0 N–H and O–H groups in total. The Morgan fingerprint density at radius 2 is 2.07 bits per heavy atom. The van der Waals surface area contributed by atoms with Crippen molar-refractivity contribution >= 4 is 55.1 Å². The van der Waals surface area contributed by atoms with Gasteiger partial charge in [0.05, 0.1) is 16.6 Å². The second-order valence-electron chi connectivity index (χ2n) is 7.09. The Morgan fingerprint density at radius 3 is 2.70 bits per heavy atom. The summed E-state index contributed by atoms with van der Waals surface area (Å²) in [6.45, 7) is 5.45. The SMILES string of the molecule is CC(C)(C)OC(=O)Cc1nc2c(-c3cccc(Cl)c3)c(F)c(CBr)cc2s1. The number of alkyl halides is 1. The Hall–Kier alpha value is -1.50. The van der Waals surface area contributed by atoms with E-state index < -0.39 is 5.60 Å². The molecule has 0 aliphatic carbocycles. The number of carbonyl (C=O) groups is 1. The van der Waals surface area contributed by atoms with Crippen molar-refractivity contribution in [2.75, 3.05) is 0 Å². The summed E-state index contributed by atoms with van der Waals surface area (Å²) in [4.78, 5) is 16.7. The van der Waals surface area contributed by atoms with E-state index in [4.69, 9.17) is 16.3 Å². The third-order valence-electron chi connectivity index (χ3n) is 3.71. The minimum absolute atomic E-state index is 0.0524. The minimum Gasteiger partial charge on any atom is -0.460 e. The van der Waals surface area contributed by atoms with Crippen molar-refractivity contribution in [3.05, 3.63) is 51.7 Å². The molecule has 0 unspecified atom stereocenters. The number of aromatic nitrogens is 1. The number of carbonyl (C=O) groups excluding carboxylic acids is 1. The van der Waals surface area contributed by atoms with Crippen molar-refractivity contribution in [2.45, 2.75) is 38.1 Å². The lowest BCUT2D eigenvalue weighted by atomic mass is 10.0. The molecule has 7 heteroatoms. The van der Waals surface area contributed by atoms with Crippen molar-refractivity contribution in [3.8, 4) is 11.1 Å². The van der Waals surface area contributed by atoms with Gasteiger partial charge in [-0.25, -0.2) is 9.37 Å². The van der Waals surface area contributed by atoms with Gasteiger partial charge >= 0.3 is 5.97 Å². The zero-order chi connectivity index (χ0) is 19.8. The molecule has 0 atom stereocenters. The topological polar surface area (TPSA) is 39.2 Å². The van der Waals surface area contributed by atoms with Crippen molar-refractivity contribution < 1.29 is 13.9 Å². The van der Waals surface area contributed by atoms with Crippen LogP contribution in [0.4, 0.5) is 4.39 Å². The quantitative estimate of drug-likeness (QED) is 0.321. The van der Waals surface area contributed by atoms with E-state index in [2.05, 4.69) is 20.9 Å². The average molecular weight is 471 g/mol. The molecule has 0 bridgehead atoms. The number of esters is 1. The first-order valence-corrected chi connectivity index (χ1v) is 10.6. The first-order chi connectivity index (χ1) is 12.7. The van der Waals surface area contributed by atoms with E-state index in [1.807, 2.05) is 20.8 Å². The van der Waals surface area contributed by atoms with Gasteiger partial charge in [0.2, 0.25) is 0 Å². The highest BCUT2D eigenvalue weighted by Crippen LogP contribution is 2.37. The summed E-state index contributed by atoms with van der Waals surface area (Å²) >= 11 is 10.8. The summed E-state index contributed by atoms with van der Waals surface area (Å²) < 4.78 is 21.3. The van der Waals surface area contributed by atoms with E-state index in [-0.39, 0.29) is 18.2 Å². The van der Waals surface area contributed by atoms with Gasteiger partial charge in [-0.15, -0.1) is 11.3 Å². The van der Waals surface area contributed by atoms with Gasteiger partial charge in [-0.2, -0.15) is 0 Å². The van der Waals surface area contributed by atoms with Crippen LogP contribution in [0.5, 0.6) is 0 Å². The van der Waals surface area contributed by atoms with Gasteiger partial charge in [-0.1, -0.05) is 39.7 Å². The van der Waals surface area contributed by atoms with Crippen LogP contribution in [-0.4, -0.2) is 16.6 Å². The molecular formula is C20H18BrClFNO2S. The highest BCUT2D eigenvalue weighted by molar-refractivity contribution is 9.08. The van der Waals surface area contributed by atoms with E-state index in [1.54, 1.807) is 30.3 Å². The molecule has 3 rings (SSSR count). The molecule has 0 saturated carbocycles. The fourth-order valence-corrected chi connectivity index (χ4v) is 4.35. The smallest absolute Gasteiger partial charge is 0.313 e. The molecule has 1 heterocycles. The van der Waals surface area contributed by atoms with Crippen molar-refractivity contribution in [1.29, 1.82) is 0 Å². The van der Waals surface area contributed by atoms with Crippen LogP contribution >= 0.6 is 38.9 Å². The summed E-state index contributed by atoms with van der Waals surface area (Å²) in [5.41, 5.74) is 1.56. The maximum atomic E-state index is 15.1. The Labute approximate surface area is 174 Å². The first-order valence-electron chi connectivity index (χ1n) is 8.32. The first kappa shape index (κ1) is 20.2. The normalized spacial score (nSPS) is 11.8. The van der Waals surface area contributed by atoms with Gasteiger partial charge < -0.3 is 4.74 Å². The Morgan fingerprint density at radius 1 is 1.33 bits per heavy atom. The second-order valence-corrected chi connectivity index (χ2v) is 9.20. The molecule has 3 nitrogen and oxygen atoms in total. The molecule has 27 heavy (non-hydrogen) atoms. The summed E-state index contributed by atoms with van der Waals surface area (Å²) in [7, 11) is 0. The summed E-state index contributed by atoms with van der Waals surface area (Å²) in [6, 6.07) is 8.80. The molecule has 0 amide bonds. The third kappa shape index (κ3) is 4.68. The van der Waals surface area contributed by atoms with Gasteiger partial charge in [0, 0.05) is 21.5 Å². The number of halogens is 3. The zero-order valence-corrected chi connectivity index (χ0v) is 18.3. The van der Waals surface area contributed by atoms with Crippen molar-refractivity contribution in [2.24, 2.45) is 0 Å². The van der Waals surface area contributed by atoms with E-state index in [0.29, 0.717) is 37.6 Å². The number of hydrogen-bond acceptors (Lipinski definition) is 4. The minimum atomic E-state index is -0.561. The molecule has 0 fully saturated rings. The monoisotopic (exact) mass is 469 g/mol. The molecular weight excluding hydrogens is 453 g/mol. The molecule has 142 valence electrons. The lowest BCUT2D eigenvalue weighted by Gasteiger charge is -2.18. The van der Waals surface area contributed by atoms with Gasteiger partial charge in [-0.3, -0.25) is 4.79 Å². The van der Waals surface area contributed by atoms with Crippen LogP contribution in [0.2, 0.25) is 5.02 Å². The molecule has 0 radical (unpaired) electrons. The van der Waals surface area contributed by atoms with E-state index in [9.17, 15) is 4.79 Å². The average Bonchev–Trinajstić information content (AvgIpc) is 2.93. The molecule has 0 aliphatic rings. The third-order valence-corrected chi connectivity index (χ3v) is 5.56. The van der Waals surface area contributed by atoms with Crippen LogP contribution < -0.4 is 0 Å². The summed E-state index contributed by atoms with van der Waals surface area (Å²) in [6.07, 6.45) is 0.0524. The highest BCUT2D eigenvalue weighted by atomic mass is 79.9. The lowest BCUT2D eigenvalue weighted by Crippen LogP contribution is -2.24. The number of rotatable bonds is 4. The van der Waals surface area contributed by atoms with Gasteiger partial charge in [0.1, 0.15) is 16.4 Å². The second kappa shape index (κ2) is 7.86. The number of fused-ring (bicyclic) bond motifs is 1. The van der Waals surface area contributed by atoms with E-state index in [1.165, 1.54) is 11.3 Å². The number of thiazole rings is 1. The standard InChI is InChI=1S/C20H18BrClFNO2S/c1-20(2,3)26-16(25)9-15-24-19-14(27-15)8-12(10-21)18(23)17(19)11-5-4-6-13(22)7-11/h4-8H,9-10H2,1-3H3. The largest absolute Gasteiger partial charge is 0.460 e. The maximum Gasteiger partial charge on any atom is 0.313 e. The van der Waals surface area contributed by atoms with Crippen LogP contribution in [0.15, 0.2) is 30.3 Å². The van der Waals surface area contributed by atoms with Gasteiger partial charge in [-0.05, 0) is 44.5 Å². The molecule has 0 spiro atoms.